The first-order chi connectivity index (χ1) is 6.55. The minimum Gasteiger partial charge on any atom is -0.454 e. The Hall–Kier alpha value is -1.35. The van der Waals surface area contributed by atoms with Gasteiger partial charge in [0.05, 0.1) is 12.2 Å². The molecule has 0 amide bonds. The van der Waals surface area contributed by atoms with Crippen molar-refractivity contribution < 1.29 is 14.6 Å². The molecule has 0 aromatic heterocycles. The fourth-order valence-corrected chi connectivity index (χ4v) is 0.916. The van der Waals surface area contributed by atoms with Crippen LogP contribution >= 0.6 is 0 Å². The molecule has 14 heavy (non-hydrogen) atoms. The second kappa shape index (κ2) is 4.24. The molecule has 0 saturated heterocycles. The Morgan fingerprint density at radius 3 is 2.43 bits per heavy atom. The van der Waals surface area contributed by atoms with Crippen LogP contribution in [-0.2, 0) is 4.74 Å². The molecular formula is C11H14O3. The van der Waals surface area contributed by atoms with Gasteiger partial charge in [0.2, 0.25) is 0 Å². The van der Waals surface area contributed by atoms with Crippen LogP contribution in [0.2, 0.25) is 0 Å². The Labute approximate surface area is 83.3 Å². The average molecular weight is 194 g/mol. The highest BCUT2D eigenvalue weighted by Crippen LogP contribution is 2.11. The van der Waals surface area contributed by atoms with E-state index in [2.05, 4.69) is 0 Å². The molecule has 0 aliphatic carbocycles. The van der Waals surface area contributed by atoms with Gasteiger partial charge in [-0.25, -0.2) is 4.79 Å². The molecule has 0 fully saturated rings. The van der Waals surface area contributed by atoms with E-state index in [0.29, 0.717) is 5.56 Å². The summed E-state index contributed by atoms with van der Waals surface area (Å²) >= 11 is 0. The maximum absolute atomic E-state index is 11.5. The number of hydrogen-bond acceptors (Lipinski definition) is 3. The number of hydrogen-bond donors (Lipinski definition) is 1. The van der Waals surface area contributed by atoms with E-state index in [1.807, 2.05) is 6.07 Å². The molecular weight excluding hydrogens is 180 g/mol. The Kier molecular flexibility index (Phi) is 3.25. The van der Waals surface area contributed by atoms with Crippen molar-refractivity contribution in [1.29, 1.82) is 0 Å². The van der Waals surface area contributed by atoms with E-state index in [4.69, 9.17) is 9.84 Å². The molecule has 3 heteroatoms. The third-order valence-electron chi connectivity index (χ3n) is 1.76. The molecule has 1 aromatic rings. The second-order valence-corrected chi connectivity index (χ2v) is 3.67. The Bertz CT molecular complexity index is 304. The zero-order chi connectivity index (χ0) is 10.6. The summed E-state index contributed by atoms with van der Waals surface area (Å²) < 4.78 is 5.08. The normalized spacial score (nSPS) is 11.1. The average Bonchev–Trinajstić information content (AvgIpc) is 2.19. The Morgan fingerprint density at radius 2 is 1.93 bits per heavy atom. The summed E-state index contributed by atoms with van der Waals surface area (Å²) in [6.07, 6.45) is 0. The maximum atomic E-state index is 11.5. The molecule has 0 heterocycles. The van der Waals surface area contributed by atoms with E-state index in [1.165, 1.54) is 0 Å². The summed E-state index contributed by atoms with van der Waals surface area (Å²) in [5.74, 6) is -0.412. The lowest BCUT2D eigenvalue weighted by Gasteiger charge is -2.22. The third kappa shape index (κ3) is 2.85. The van der Waals surface area contributed by atoms with Crippen LogP contribution in [0, 0.1) is 0 Å². The van der Waals surface area contributed by atoms with Crippen molar-refractivity contribution >= 4 is 5.97 Å². The lowest BCUT2D eigenvalue weighted by atomic mass is 10.1. The lowest BCUT2D eigenvalue weighted by Crippen LogP contribution is -2.31. The number of benzene rings is 1. The molecule has 0 bridgehead atoms. The molecule has 1 rings (SSSR count). The molecule has 3 nitrogen and oxygen atoms in total. The van der Waals surface area contributed by atoms with E-state index < -0.39 is 11.6 Å². The predicted molar refractivity (Wildman–Crippen MR) is 53.0 cm³/mol. The molecule has 0 aliphatic heterocycles. The molecule has 76 valence electrons. The summed E-state index contributed by atoms with van der Waals surface area (Å²) in [6.45, 7) is 3.13. The highest BCUT2D eigenvalue weighted by atomic mass is 16.6. The van der Waals surface area contributed by atoms with Crippen molar-refractivity contribution in [2.24, 2.45) is 0 Å². The smallest absolute Gasteiger partial charge is 0.338 e. The van der Waals surface area contributed by atoms with Crippen LogP contribution in [0.5, 0.6) is 0 Å². The number of aliphatic hydroxyl groups excluding tert-OH is 1. The van der Waals surface area contributed by atoms with Crippen molar-refractivity contribution in [3.63, 3.8) is 0 Å². The number of rotatable bonds is 3. The number of esters is 1. The molecule has 0 atom stereocenters. The topological polar surface area (TPSA) is 46.5 Å². The first-order valence-electron chi connectivity index (χ1n) is 4.44. The highest BCUT2D eigenvalue weighted by Gasteiger charge is 2.22. The van der Waals surface area contributed by atoms with Gasteiger partial charge in [-0.3, -0.25) is 0 Å². The van der Waals surface area contributed by atoms with Crippen molar-refractivity contribution in [1.82, 2.24) is 0 Å². The van der Waals surface area contributed by atoms with Gasteiger partial charge in [0, 0.05) is 0 Å². The quantitative estimate of drug-likeness (QED) is 0.743. The molecule has 0 unspecified atom stereocenters. The summed E-state index contributed by atoms with van der Waals surface area (Å²) in [7, 11) is 0. The molecule has 0 aliphatic rings. The van der Waals surface area contributed by atoms with E-state index in [0.717, 1.165) is 0 Å². The van der Waals surface area contributed by atoms with Crippen LogP contribution in [0.3, 0.4) is 0 Å². The summed E-state index contributed by atoms with van der Waals surface area (Å²) in [6, 6.07) is 8.71. The minimum atomic E-state index is -0.826. The first kappa shape index (κ1) is 10.7. The highest BCUT2D eigenvalue weighted by molar-refractivity contribution is 5.89. The Balaban J connectivity index is 2.69. The van der Waals surface area contributed by atoms with Gasteiger partial charge in [-0.1, -0.05) is 18.2 Å². The van der Waals surface area contributed by atoms with Gasteiger partial charge in [0.15, 0.2) is 0 Å². The number of aliphatic hydroxyl groups is 1. The number of ether oxygens (including phenoxy) is 1. The molecule has 0 saturated carbocycles. The van der Waals surface area contributed by atoms with Gasteiger partial charge < -0.3 is 9.84 Å². The largest absolute Gasteiger partial charge is 0.454 e. The third-order valence-corrected chi connectivity index (χ3v) is 1.76. The summed E-state index contributed by atoms with van der Waals surface area (Å²) in [4.78, 5) is 11.5. The Morgan fingerprint density at radius 1 is 1.36 bits per heavy atom. The fraction of sp³-hybridized carbons (Fsp3) is 0.364. The van der Waals surface area contributed by atoms with Crippen LogP contribution in [0.15, 0.2) is 30.3 Å². The second-order valence-electron chi connectivity index (χ2n) is 3.67. The van der Waals surface area contributed by atoms with Crippen LogP contribution in [-0.4, -0.2) is 23.3 Å². The number of carbonyl (C=O) groups is 1. The van der Waals surface area contributed by atoms with Gasteiger partial charge in [0.1, 0.15) is 5.60 Å². The van der Waals surface area contributed by atoms with Gasteiger partial charge in [-0.05, 0) is 26.0 Å². The standard InChI is InChI=1S/C11H14O3/c1-11(2,8-12)14-10(13)9-6-4-3-5-7-9/h3-7,12H,8H2,1-2H3. The SMILES string of the molecule is CC(C)(CO)OC(=O)c1ccccc1. The van der Waals surface area contributed by atoms with E-state index in [-0.39, 0.29) is 6.61 Å². The fourth-order valence-electron chi connectivity index (χ4n) is 0.916. The van der Waals surface area contributed by atoms with Gasteiger partial charge in [-0.15, -0.1) is 0 Å². The lowest BCUT2D eigenvalue weighted by molar-refractivity contribution is -0.0265. The van der Waals surface area contributed by atoms with E-state index in [9.17, 15) is 4.79 Å². The zero-order valence-corrected chi connectivity index (χ0v) is 8.36. The van der Waals surface area contributed by atoms with Crippen LogP contribution in [0.4, 0.5) is 0 Å². The van der Waals surface area contributed by atoms with Crippen LogP contribution in [0.25, 0.3) is 0 Å². The predicted octanol–water partition coefficient (Wildman–Crippen LogP) is 1.61. The summed E-state index contributed by atoms with van der Waals surface area (Å²) in [5, 5.41) is 8.91. The van der Waals surface area contributed by atoms with Gasteiger partial charge in [0.25, 0.3) is 0 Å². The number of carbonyl (C=O) groups excluding carboxylic acids is 1. The van der Waals surface area contributed by atoms with E-state index in [1.54, 1.807) is 38.1 Å². The van der Waals surface area contributed by atoms with Gasteiger partial charge >= 0.3 is 5.97 Å². The van der Waals surface area contributed by atoms with Crippen molar-refractivity contribution in [2.75, 3.05) is 6.61 Å². The monoisotopic (exact) mass is 194 g/mol. The zero-order valence-electron chi connectivity index (χ0n) is 8.36. The van der Waals surface area contributed by atoms with Crippen molar-refractivity contribution in [3.05, 3.63) is 35.9 Å². The van der Waals surface area contributed by atoms with Crippen LogP contribution < -0.4 is 0 Å². The maximum Gasteiger partial charge on any atom is 0.338 e. The van der Waals surface area contributed by atoms with Crippen molar-refractivity contribution in [3.8, 4) is 0 Å². The molecule has 1 aromatic carbocycles. The van der Waals surface area contributed by atoms with Crippen LogP contribution in [0.1, 0.15) is 24.2 Å². The first-order valence-corrected chi connectivity index (χ1v) is 4.44. The molecule has 0 spiro atoms. The minimum absolute atomic E-state index is 0.189. The molecule has 0 radical (unpaired) electrons. The molecule has 1 N–H and O–H groups in total. The summed E-state index contributed by atoms with van der Waals surface area (Å²) in [5.41, 5.74) is -0.332. The van der Waals surface area contributed by atoms with Crippen molar-refractivity contribution in [2.45, 2.75) is 19.4 Å². The van der Waals surface area contributed by atoms with Gasteiger partial charge in [-0.2, -0.15) is 0 Å². The van der Waals surface area contributed by atoms with E-state index >= 15 is 0 Å².